The molecule has 0 aromatic heterocycles. The van der Waals surface area contributed by atoms with E-state index in [4.69, 9.17) is 9.57 Å². The van der Waals surface area contributed by atoms with Crippen molar-refractivity contribution in [2.75, 3.05) is 39.5 Å². The molecule has 1 saturated heterocycles. The Bertz CT molecular complexity index is 125. The molecule has 0 unspecified atom stereocenters. The largest absolute Gasteiger partial charge is 0.379 e. The van der Waals surface area contributed by atoms with E-state index in [1.54, 1.807) is 0 Å². The van der Waals surface area contributed by atoms with Crippen LogP contribution in [0.2, 0.25) is 0 Å². The molecule has 0 amide bonds. The van der Waals surface area contributed by atoms with Crippen molar-refractivity contribution in [3.8, 4) is 0 Å². The van der Waals surface area contributed by atoms with Gasteiger partial charge in [-0.1, -0.05) is 0 Å². The zero-order valence-corrected chi connectivity index (χ0v) is 8.58. The van der Waals surface area contributed by atoms with Gasteiger partial charge in [-0.05, 0) is 13.8 Å². The van der Waals surface area contributed by atoms with E-state index in [0.717, 1.165) is 39.5 Å². The quantitative estimate of drug-likeness (QED) is 0.495. The second-order valence-corrected chi connectivity index (χ2v) is 3.58. The highest BCUT2D eigenvalue weighted by Crippen LogP contribution is 1.95. The Morgan fingerprint density at radius 3 is 2.69 bits per heavy atom. The molecule has 0 atom stereocenters. The van der Waals surface area contributed by atoms with Crippen molar-refractivity contribution >= 4 is 0 Å². The molecule has 0 radical (unpaired) electrons. The predicted molar refractivity (Wildman–Crippen MR) is 51.5 cm³/mol. The van der Waals surface area contributed by atoms with Crippen molar-refractivity contribution in [3.05, 3.63) is 0 Å². The van der Waals surface area contributed by atoms with Gasteiger partial charge in [0.15, 0.2) is 0 Å². The molecule has 1 N–H and O–H groups in total. The van der Waals surface area contributed by atoms with Crippen molar-refractivity contribution in [1.82, 2.24) is 10.4 Å². The SMILES string of the molecule is CC(C)NOCCN1CCOCC1. The fourth-order valence-electron chi connectivity index (χ4n) is 1.23. The minimum absolute atomic E-state index is 0.393. The molecule has 1 heterocycles. The Kier molecular flexibility index (Phi) is 5.31. The molecule has 0 aromatic carbocycles. The van der Waals surface area contributed by atoms with Crippen LogP contribution in [0.15, 0.2) is 0 Å². The zero-order valence-electron chi connectivity index (χ0n) is 8.58. The smallest absolute Gasteiger partial charge is 0.0809 e. The molecule has 1 aliphatic heterocycles. The Morgan fingerprint density at radius 2 is 2.08 bits per heavy atom. The number of hydrogen-bond acceptors (Lipinski definition) is 4. The third-order valence-corrected chi connectivity index (χ3v) is 1.93. The minimum atomic E-state index is 0.393. The summed E-state index contributed by atoms with van der Waals surface area (Å²) in [6.07, 6.45) is 0. The molecule has 4 heteroatoms. The summed E-state index contributed by atoms with van der Waals surface area (Å²) in [4.78, 5) is 7.62. The molecule has 4 nitrogen and oxygen atoms in total. The maximum atomic E-state index is 5.27. The van der Waals surface area contributed by atoms with Gasteiger partial charge in [0.1, 0.15) is 0 Å². The Labute approximate surface area is 80.1 Å². The van der Waals surface area contributed by atoms with Gasteiger partial charge >= 0.3 is 0 Å². The first-order valence-electron chi connectivity index (χ1n) is 4.96. The summed E-state index contributed by atoms with van der Waals surface area (Å²) in [6, 6.07) is 0.393. The summed E-state index contributed by atoms with van der Waals surface area (Å²) < 4.78 is 5.25. The molecule has 1 aliphatic rings. The van der Waals surface area contributed by atoms with E-state index in [1.165, 1.54) is 0 Å². The predicted octanol–water partition coefficient (Wildman–Crippen LogP) is 0.248. The molecule has 78 valence electrons. The number of nitrogens with one attached hydrogen (secondary N) is 1. The maximum Gasteiger partial charge on any atom is 0.0809 e. The van der Waals surface area contributed by atoms with Crippen LogP contribution in [-0.2, 0) is 9.57 Å². The Balaban J connectivity index is 1.92. The van der Waals surface area contributed by atoms with Gasteiger partial charge in [0, 0.05) is 25.7 Å². The van der Waals surface area contributed by atoms with Crippen molar-refractivity contribution in [2.45, 2.75) is 19.9 Å². The molecular formula is C9H20N2O2. The third kappa shape index (κ3) is 5.21. The van der Waals surface area contributed by atoms with Crippen LogP contribution in [0, 0.1) is 0 Å². The van der Waals surface area contributed by atoms with Crippen molar-refractivity contribution in [2.24, 2.45) is 0 Å². The van der Waals surface area contributed by atoms with Crippen LogP contribution in [0.4, 0.5) is 0 Å². The summed E-state index contributed by atoms with van der Waals surface area (Å²) in [5.41, 5.74) is 2.93. The van der Waals surface area contributed by atoms with Crippen LogP contribution >= 0.6 is 0 Å². The van der Waals surface area contributed by atoms with Crippen LogP contribution in [0.25, 0.3) is 0 Å². The number of hydroxylamine groups is 1. The first-order valence-corrected chi connectivity index (χ1v) is 4.96. The fraction of sp³-hybridized carbons (Fsp3) is 1.00. The average molecular weight is 188 g/mol. The van der Waals surface area contributed by atoms with E-state index in [9.17, 15) is 0 Å². The van der Waals surface area contributed by atoms with Crippen LogP contribution in [0.1, 0.15) is 13.8 Å². The topological polar surface area (TPSA) is 33.7 Å². The molecule has 1 rings (SSSR count). The van der Waals surface area contributed by atoms with Gasteiger partial charge in [0.25, 0.3) is 0 Å². The highest BCUT2D eigenvalue weighted by Gasteiger charge is 2.09. The standard InChI is InChI=1S/C9H20N2O2/c1-9(2)10-13-8-5-11-3-6-12-7-4-11/h9-10H,3-8H2,1-2H3. The number of ether oxygens (including phenoxy) is 1. The van der Waals surface area contributed by atoms with Crippen LogP contribution < -0.4 is 5.48 Å². The molecule has 0 saturated carbocycles. The normalized spacial score (nSPS) is 19.6. The highest BCUT2D eigenvalue weighted by atomic mass is 16.6. The summed E-state index contributed by atoms with van der Waals surface area (Å²) in [5, 5.41) is 0. The van der Waals surface area contributed by atoms with Gasteiger partial charge in [-0.3, -0.25) is 4.90 Å². The maximum absolute atomic E-state index is 5.27. The molecule has 0 aromatic rings. The van der Waals surface area contributed by atoms with E-state index in [0.29, 0.717) is 6.04 Å². The van der Waals surface area contributed by atoms with Gasteiger partial charge < -0.3 is 9.57 Å². The number of hydrogen-bond donors (Lipinski definition) is 1. The van der Waals surface area contributed by atoms with Gasteiger partial charge in [0.2, 0.25) is 0 Å². The Morgan fingerprint density at radius 1 is 1.38 bits per heavy atom. The lowest BCUT2D eigenvalue weighted by atomic mass is 10.4. The molecule has 0 bridgehead atoms. The van der Waals surface area contributed by atoms with Gasteiger partial charge in [0.05, 0.1) is 19.8 Å². The van der Waals surface area contributed by atoms with E-state index >= 15 is 0 Å². The lowest BCUT2D eigenvalue weighted by molar-refractivity contribution is -0.0125. The van der Waals surface area contributed by atoms with Crippen LogP contribution in [0.5, 0.6) is 0 Å². The van der Waals surface area contributed by atoms with Gasteiger partial charge in [-0.2, -0.15) is 0 Å². The molecule has 13 heavy (non-hydrogen) atoms. The number of rotatable bonds is 5. The monoisotopic (exact) mass is 188 g/mol. The number of morpholine rings is 1. The second-order valence-electron chi connectivity index (χ2n) is 3.58. The summed E-state index contributed by atoms with van der Waals surface area (Å²) in [6.45, 7) is 9.65. The lowest BCUT2D eigenvalue weighted by Crippen LogP contribution is -2.39. The van der Waals surface area contributed by atoms with Crippen molar-refractivity contribution in [1.29, 1.82) is 0 Å². The lowest BCUT2D eigenvalue weighted by Gasteiger charge is -2.26. The van der Waals surface area contributed by atoms with E-state index in [2.05, 4.69) is 24.2 Å². The summed E-state index contributed by atoms with van der Waals surface area (Å²) in [7, 11) is 0. The van der Waals surface area contributed by atoms with Gasteiger partial charge in [-0.15, -0.1) is 0 Å². The molecular weight excluding hydrogens is 168 g/mol. The third-order valence-electron chi connectivity index (χ3n) is 1.93. The first-order chi connectivity index (χ1) is 6.29. The molecule has 0 aliphatic carbocycles. The van der Waals surface area contributed by atoms with E-state index < -0.39 is 0 Å². The Hall–Kier alpha value is -0.160. The van der Waals surface area contributed by atoms with Crippen LogP contribution in [-0.4, -0.2) is 50.4 Å². The van der Waals surface area contributed by atoms with Crippen molar-refractivity contribution in [3.63, 3.8) is 0 Å². The fourth-order valence-corrected chi connectivity index (χ4v) is 1.23. The molecule has 0 spiro atoms. The first kappa shape index (κ1) is 10.9. The highest BCUT2D eigenvalue weighted by molar-refractivity contribution is 4.60. The van der Waals surface area contributed by atoms with E-state index in [-0.39, 0.29) is 0 Å². The van der Waals surface area contributed by atoms with Crippen molar-refractivity contribution < 1.29 is 9.57 Å². The van der Waals surface area contributed by atoms with E-state index in [1.807, 2.05) is 0 Å². The average Bonchev–Trinajstić information content (AvgIpc) is 2.14. The zero-order chi connectivity index (χ0) is 9.52. The van der Waals surface area contributed by atoms with Gasteiger partial charge in [-0.25, -0.2) is 5.48 Å². The summed E-state index contributed by atoms with van der Waals surface area (Å²) >= 11 is 0. The minimum Gasteiger partial charge on any atom is -0.379 e. The second kappa shape index (κ2) is 6.32. The summed E-state index contributed by atoms with van der Waals surface area (Å²) in [5.74, 6) is 0. The molecule has 1 fully saturated rings. The van der Waals surface area contributed by atoms with Crippen LogP contribution in [0.3, 0.4) is 0 Å². The number of nitrogens with zero attached hydrogens (tertiary/aromatic N) is 1.